The van der Waals surface area contributed by atoms with E-state index in [0.717, 1.165) is 32.2 Å². The number of likely N-dealkylation sites (tertiary alicyclic amines) is 1. The van der Waals surface area contributed by atoms with Crippen LogP contribution >= 0.6 is 0 Å². The van der Waals surface area contributed by atoms with E-state index in [2.05, 4.69) is 29.7 Å². The van der Waals surface area contributed by atoms with Crippen molar-refractivity contribution in [2.24, 2.45) is 5.92 Å². The topological polar surface area (TPSA) is 61.4 Å². The fraction of sp³-hybridized carbons (Fsp3) is 0.579. The smallest absolute Gasteiger partial charge is 0.315 e. The van der Waals surface area contributed by atoms with Crippen molar-refractivity contribution in [3.8, 4) is 0 Å². The maximum Gasteiger partial charge on any atom is 0.315 e. The standard InChI is InChI=1S/C19H27N3O2/c1-3-20-19(24)21-17(18(23)22-10-6-7-13(22)2)16-11-14-8-4-5-9-15(14)12-16/h4-5,8-9,13,16-17H,3,6-7,10-12H2,1-2H3,(H2,20,21,24). The SMILES string of the molecule is CCNC(=O)NC(C(=O)N1CCCC1C)C1Cc2ccccc2C1. The van der Waals surface area contributed by atoms with E-state index in [1.54, 1.807) is 0 Å². The third-order valence-electron chi connectivity index (χ3n) is 5.28. The van der Waals surface area contributed by atoms with Gasteiger partial charge in [-0.15, -0.1) is 0 Å². The molecule has 3 amide bonds. The maximum atomic E-state index is 13.1. The van der Waals surface area contributed by atoms with Crippen molar-refractivity contribution in [2.45, 2.75) is 51.6 Å². The Labute approximate surface area is 143 Å². The van der Waals surface area contributed by atoms with E-state index in [9.17, 15) is 9.59 Å². The molecule has 3 rings (SSSR count). The second kappa shape index (κ2) is 7.24. The monoisotopic (exact) mass is 329 g/mol. The zero-order chi connectivity index (χ0) is 17.1. The number of hydrogen-bond acceptors (Lipinski definition) is 2. The number of carbonyl (C=O) groups excluding carboxylic acids is 2. The van der Waals surface area contributed by atoms with E-state index >= 15 is 0 Å². The van der Waals surface area contributed by atoms with Crippen molar-refractivity contribution in [3.05, 3.63) is 35.4 Å². The number of nitrogens with one attached hydrogen (secondary N) is 2. The van der Waals surface area contributed by atoms with Crippen molar-refractivity contribution < 1.29 is 9.59 Å². The molecule has 0 aromatic heterocycles. The zero-order valence-electron chi connectivity index (χ0n) is 14.5. The molecule has 24 heavy (non-hydrogen) atoms. The highest BCUT2D eigenvalue weighted by Gasteiger charge is 2.38. The number of hydrogen-bond donors (Lipinski definition) is 2. The quantitative estimate of drug-likeness (QED) is 0.889. The van der Waals surface area contributed by atoms with E-state index < -0.39 is 6.04 Å². The summed E-state index contributed by atoms with van der Waals surface area (Å²) in [6.07, 6.45) is 3.79. The first-order valence-electron chi connectivity index (χ1n) is 9.01. The fourth-order valence-electron chi connectivity index (χ4n) is 4.00. The Morgan fingerprint density at radius 3 is 2.46 bits per heavy atom. The van der Waals surface area contributed by atoms with Gasteiger partial charge < -0.3 is 15.5 Å². The number of rotatable bonds is 4. The molecule has 1 aliphatic heterocycles. The predicted octanol–water partition coefficient (Wildman–Crippen LogP) is 2.10. The first-order chi connectivity index (χ1) is 11.6. The van der Waals surface area contributed by atoms with Crippen molar-refractivity contribution in [1.29, 1.82) is 0 Å². The molecule has 5 nitrogen and oxygen atoms in total. The molecule has 0 radical (unpaired) electrons. The highest BCUT2D eigenvalue weighted by atomic mass is 16.2. The highest BCUT2D eigenvalue weighted by Crippen LogP contribution is 2.30. The number of carbonyl (C=O) groups is 2. The van der Waals surface area contributed by atoms with Crippen molar-refractivity contribution >= 4 is 11.9 Å². The molecule has 0 saturated carbocycles. The van der Waals surface area contributed by atoms with E-state index in [0.29, 0.717) is 6.54 Å². The van der Waals surface area contributed by atoms with Gasteiger partial charge in [-0.05, 0) is 56.6 Å². The lowest BCUT2D eigenvalue weighted by atomic mass is 9.95. The van der Waals surface area contributed by atoms with Gasteiger partial charge in [0.15, 0.2) is 0 Å². The summed E-state index contributed by atoms with van der Waals surface area (Å²) < 4.78 is 0. The fourth-order valence-corrected chi connectivity index (χ4v) is 4.00. The average molecular weight is 329 g/mol. The molecule has 1 aromatic rings. The van der Waals surface area contributed by atoms with Crippen LogP contribution in [0.5, 0.6) is 0 Å². The van der Waals surface area contributed by atoms with Gasteiger partial charge in [0.25, 0.3) is 0 Å². The Hall–Kier alpha value is -2.04. The highest BCUT2D eigenvalue weighted by molar-refractivity contribution is 5.88. The maximum absolute atomic E-state index is 13.1. The van der Waals surface area contributed by atoms with Gasteiger partial charge in [0, 0.05) is 19.1 Å². The molecule has 2 unspecified atom stereocenters. The lowest BCUT2D eigenvalue weighted by molar-refractivity contribution is -0.135. The van der Waals surface area contributed by atoms with Crippen LogP contribution < -0.4 is 10.6 Å². The Morgan fingerprint density at radius 1 is 1.25 bits per heavy atom. The van der Waals surface area contributed by atoms with Gasteiger partial charge in [-0.1, -0.05) is 24.3 Å². The molecule has 1 aliphatic carbocycles. The van der Waals surface area contributed by atoms with Gasteiger partial charge in [-0.25, -0.2) is 4.79 Å². The van der Waals surface area contributed by atoms with E-state index in [1.807, 2.05) is 24.0 Å². The first-order valence-corrected chi connectivity index (χ1v) is 9.01. The molecule has 5 heteroatoms. The van der Waals surface area contributed by atoms with Gasteiger partial charge in [0.05, 0.1) is 0 Å². The summed E-state index contributed by atoms with van der Waals surface area (Å²) in [5.41, 5.74) is 2.60. The normalized spacial score (nSPS) is 21.4. The zero-order valence-corrected chi connectivity index (χ0v) is 14.5. The van der Waals surface area contributed by atoms with Gasteiger partial charge >= 0.3 is 6.03 Å². The molecule has 0 spiro atoms. The van der Waals surface area contributed by atoms with Crippen LogP contribution in [0.3, 0.4) is 0 Å². The lowest BCUT2D eigenvalue weighted by Crippen LogP contribution is -2.55. The Bertz CT molecular complexity index is 591. The van der Waals surface area contributed by atoms with Crippen molar-refractivity contribution in [3.63, 3.8) is 0 Å². The molecule has 1 saturated heterocycles. The van der Waals surface area contributed by atoms with Crippen LogP contribution in [0.25, 0.3) is 0 Å². The summed E-state index contributed by atoms with van der Waals surface area (Å²) >= 11 is 0. The van der Waals surface area contributed by atoms with Crippen molar-refractivity contribution in [1.82, 2.24) is 15.5 Å². The molecule has 1 fully saturated rings. The molecule has 2 aliphatic rings. The largest absolute Gasteiger partial charge is 0.338 e. The van der Waals surface area contributed by atoms with E-state index in [1.165, 1.54) is 11.1 Å². The summed E-state index contributed by atoms with van der Waals surface area (Å²) in [6, 6.07) is 7.89. The Morgan fingerprint density at radius 2 is 1.92 bits per heavy atom. The van der Waals surface area contributed by atoms with Gasteiger partial charge in [-0.3, -0.25) is 4.79 Å². The molecule has 2 atom stereocenters. The Balaban J connectivity index is 1.77. The first kappa shape index (κ1) is 16.8. The predicted molar refractivity (Wildman–Crippen MR) is 93.7 cm³/mol. The molecule has 1 aromatic carbocycles. The van der Waals surface area contributed by atoms with Crippen LogP contribution in [0.15, 0.2) is 24.3 Å². The summed E-state index contributed by atoms with van der Waals surface area (Å²) in [5, 5.41) is 5.71. The molecular weight excluding hydrogens is 302 g/mol. The molecular formula is C19H27N3O2. The molecule has 1 heterocycles. The van der Waals surface area contributed by atoms with Crippen molar-refractivity contribution in [2.75, 3.05) is 13.1 Å². The number of amides is 3. The Kier molecular flexibility index (Phi) is 5.07. The average Bonchev–Trinajstić information content (AvgIpc) is 3.18. The lowest BCUT2D eigenvalue weighted by Gasteiger charge is -2.30. The molecule has 2 N–H and O–H groups in total. The summed E-state index contributed by atoms with van der Waals surface area (Å²) in [5.74, 6) is 0.203. The number of nitrogens with zero attached hydrogens (tertiary/aromatic N) is 1. The minimum atomic E-state index is -0.454. The number of fused-ring (bicyclic) bond motifs is 1. The minimum absolute atomic E-state index is 0.0732. The summed E-state index contributed by atoms with van der Waals surface area (Å²) in [6.45, 7) is 5.33. The molecule has 130 valence electrons. The van der Waals surface area contributed by atoms with Gasteiger partial charge in [-0.2, -0.15) is 0 Å². The number of benzene rings is 1. The van der Waals surface area contributed by atoms with Crippen LogP contribution in [-0.2, 0) is 17.6 Å². The van der Waals surface area contributed by atoms with Crippen LogP contribution in [0, 0.1) is 5.92 Å². The van der Waals surface area contributed by atoms with Crippen LogP contribution in [0.4, 0.5) is 4.79 Å². The van der Waals surface area contributed by atoms with Crippen LogP contribution in [-0.4, -0.2) is 42.0 Å². The van der Waals surface area contributed by atoms with Crippen LogP contribution in [0.1, 0.15) is 37.8 Å². The third-order valence-corrected chi connectivity index (χ3v) is 5.28. The summed E-state index contributed by atoms with van der Waals surface area (Å²) in [7, 11) is 0. The molecule has 0 bridgehead atoms. The van der Waals surface area contributed by atoms with E-state index in [-0.39, 0.29) is 23.9 Å². The number of urea groups is 1. The minimum Gasteiger partial charge on any atom is -0.338 e. The van der Waals surface area contributed by atoms with Crippen LogP contribution in [0.2, 0.25) is 0 Å². The second-order valence-corrected chi connectivity index (χ2v) is 6.94. The van der Waals surface area contributed by atoms with E-state index in [4.69, 9.17) is 0 Å². The van der Waals surface area contributed by atoms with Gasteiger partial charge in [0.2, 0.25) is 5.91 Å². The summed E-state index contributed by atoms with van der Waals surface area (Å²) in [4.78, 5) is 27.2. The second-order valence-electron chi connectivity index (χ2n) is 6.94. The third kappa shape index (κ3) is 3.40. The van der Waals surface area contributed by atoms with Gasteiger partial charge in [0.1, 0.15) is 6.04 Å².